The third-order valence-electron chi connectivity index (χ3n) is 1.56. The number of ether oxygens (including phenoxy) is 1. The number of benzene rings is 1. The van der Waals surface area contributed by atoms with E-state index in [9.17, 15) is 0 Å². The van der Waals surface area contributed by atoms with Gasteiger partial charge in [0.15, 0.2) is 0 Å². The summed E-state index contributed by atoms with van der Waals surface area (Å²) < 4.78 is 5.40. The van der Waals surface area contributed by atoms with Crippen molar-refractivity contribution in [2.24, 2.45) is 0 Å². The van der Waals surface area contributed by atoms with E-state index in [2.05, 4.69) is 12.6 Å². The van der Waals surface area contributed by atoms with E-state index in [1.165, 1.54) is 0 Å². The van der Waals surface area contributed by atoms with Crippen LogP contribution in [0.2, 0.25) is 5.02 Å². The van der Waals surface area contributed by atoms with Gasteiger partial charge in [-0.05, 0) is 12.8 Å². The van der Waals surface area contributed by atoms with Crippen molar-refractivity contribution >= 4 is 34.7 Å². The van der Waals surface area contributed by atoms with Crippen LogP contribution in [-0.2, 0) is 0 Å². The van der Waals surface area contributed by atoms with Gasteiger partial charge in [0.1, 0.15) is 0 Å². The predicted octanol–water partition coefficient (Wildman–Crippen LogP) is 0.108. The van der Waals surface area contributed by atoms with E-state index in [0.717, 1.165) is 18.6 Å². The van der Waals surface area contributed by atoms with Crippen LogP contribution in [0, 0.1) is 6.07 Å². The summed E-state index contributed by atoms with van der Waals surface area (Å²) >= 11 is 5.70. The van der Waals surface area contributed by atoms with Crippen molar-refractivity contribution < 1.29 is 21.7 Å². The Kier molecular flexibility index (Phi) is 12.7. The molecule has 0 saturated heterocycles. The van der Waals surface area contributed by atoms with Crippen molar-refractivity contribution in [3.05, 3.63) is 41.9 Å². The Morgan fingerprint density at radius 1 is 1.47 bits per heavy atom. The third-order valence-corrected chi connectivity index (χ3v) is 1.79. The SMILES string of the molecule is C=CCCCOc1[c-]cc(Cl)cc1.[Br-].[Mg+2]. The second kappa shape index (κ2) is 10.8. The molecular formula is C11H12BrClMgO. The van der Waals surface area contributed by atoms with Gasteiger partial charge in [-0.3, -0.25) is 0 Å². The Morgan fingerprint density at radius 3 is 2.73 bits per heavy atom. The number of hydrogen-bond acceptors (Lipinski definition) is 1. The van der Waals surface area contributed by atoms with Crippen LogP contribution in [0.3, 0.4) is 0 Å². The quantitative estimate of drug-likeness (QED) is 0.325. The standard InChI is InChI=1S/C11H12ClO.BrH.Mg/c1-2-3-4-9-13-11-7-5-10(12)6-8-11;;/h2,5-7H,1,3-4,9H2;1H;/q-1;;+2/p-1. The maximum absolute atomic E-state index is 5.70. The van der Waals surface area contributed by atoms with Gasteiger partial charge in [0.2, 0.25) is 0 Å². The zero-order valence-electron chi connectivity index (χ0n) is 8.51. The molecule has 0 aliphatic rings. The molecule has 0 bridgehead atoms. The summed E-state index contributed by atoms with van der Waals surface area (Å²) in [5.74, 6) is 0.744. The maximum Gasteiger partial charge on any atom is 2.00 e. The van der Waals surface area contributed by atoms with Crippen LogP contribution in [-0.4, -0.2) is 29.7 Å². The Bertz CT molecular complexity index is 264. The Hall–Kier alpha value is 0.296. The summed E-state index contributed by atoms with van der Waals surface area (Å²) in [5, 5.41) is 0.679. The Balaban J connectivity index is 0. The van der Waals surface area contributed by atoms with Gasteiger partial charge in [0, 0.05) is 5.75 Å². The summed E-state index contributed by atoms with van der Waals surface area (Å²) in [7, 11) is 0. The molecular weight excluding hydrogens is 288 g/mol. The van der Waals surface area contributed by atoms with E-state index in [1.807, 2.05) is 12.1 Å². The number of hydrogen-bond donors (Lipinski definition) is 0. The second-order valence-electron chi connectivity index (χ2n) is 2.65. The van der Waals surface area contributed by atoms with E-state index in [4.69, 9.17) is 16.3 Å². The van der Waals surface area contributed by atoms with Crippen LogP contribution < -0.4 is 21.7 Å². The first-order valence-electron chi connectivity index (χ1n) is 4.24. The van der Waals surface area contributed by atoms with Crippen LogP contribution in [0.15, 0.2) is 30.9 Å². The molecule has 0 radical (unpaired) electrons. The van der Waals surface area contributed by atoms with E-state index >= 15 is 0 Å². The van der Waals surface area contributed by atoms with Gasteiger partial charge in [-0.15, -0.1) is 18.7 Å². The fraction of sp³-hybridized carbons (Fsp3) is 0.273. The molecule has 0 spiro atoms. The molecule has 0 N–H and O–H groups in total. The molecule has 1 nitrogen and oxygen atoms in total. The van der Waals surface area contributed by atoms with Gasteiger partial charge in [-0.1, -0.05) is 11.1 Å². The topological polar surface area (TPSA) is 9.23 Å². The van der Waals surface area contributed by atoms with Crippen molar-refractivity contribution in [3.63, 3.8) is 0 Å². The summed E-state index contributed by atoms with van der Waals surface area (Å²) in [6.07, 6.45) is 3.85. The minimum Gasteiger partial charge on any atom is -1.00 e. The summed E-state index contributed by atoms with van der Waals surface area (Å²) in [6.45, 7) is 4.33. The van der Waals surface area contributed by atoms with Crippen molar-refractivity contribution in [1.82, 2.24) is 0 Å². The molecule has 0 aliphatic carbocycles. The molecule has 0 amide bonds. The molecule has 0 aliphatic heterocycles. The van der Waals surface area contributed by atoms with Crippen molar-refractivity contribution in [2.45, 2.75) is 12.8 Å². The smallest absolute Gasteiger partial charge is 1.00 e. The summed E-state index contributed by atoms with van der Waals surface area (Å²) in [6, 6.07) is 8.24. The van der Waals surface area contributed by atoms with Gasteiger partial charge in [-0.2, -0.15) is 23.7 Å². The van der Waals surface area contributed by atoms with Crippen LogP contribution in [0.25, 0.3) is 0 Å². The average molecular weight is 300 g/mol. The van der Waals surface area contributed by atoms with E-state index in [0.29, 0.717) is 11.6 Å². The molecule has 78 valence electrons. The number of allylic oxidation sites excluding steroid dienone is 1. The third kappa shape index (κ3) is 8.14. The first-order valence-corrected chi connectivity index (χ1v) is 4.61. The first-order chi connectivity index (χ1) is 6.33. The van der Waals surface area contributed by atoms with Crippen molar-refractivity contribution in [1.29, 1.82) is 0 Å². The molecule has 15 heavy (non-hydrogen) atoms. The molecule has 1 rings (SSSR count). The largest absolute Gasteiger partial charge is 2.00 e. The van der Waals surface area contributed by atoms with Gasteiger partial charge in [-0.25, -0.2) is 0 Å². The van der Waals surface area contributed by atoms with E-state index < -0.39 is 0 Å². The number of rotatable bonds is 5. The fourth-order valence-corrected chi connectivity index (χ4v) is 1.01. The summed E-state index contributed by atoms with van der Waals surface area (Å²) in [4.78, 5) is 0. The number of halogens is 2. The van der Waals surface area contributed by atoms with E-state index in [-0.39, 0.29) is 40.0 Å². The van der Waals surface area contributed by atoms with Crippen LogP contribution in [0.5, 0.6) is 5.75 Å². The Labute approximate surface area is 123 Å². The maximum atomic E-state index is 5.70. The zero-order valence-corrected chi connectivity index (χ0v) is 12.3. The monoisotopic (exact) mass is 298 g/mol. The predicted molar refractivity (Wildman–Crippen MR) is 61.0 cm³/mol. The molecule has 1 aromatic carbocycles. The van der Waals surface area contributed by atoms with Crippen molar-refractivity contribution in [2.75, 3.05) is 6.61 Å². The second-order valence-corrected chi connectivity index (χ2v) is 3.09. The zero-order chi connectivity index (χ0) is 9.52. The van der Waals surface area contributed by atoms with Gasteiger partial charge in [0.05, 0.1) is 6.61 Å². The van der Waals surface area contributed by atoms with Gasteiger partial charge in [0.25, 0.3) is 0 Å². The van der Waals surface area contributed by atoms with Crippen LogP contribution in [0.4, 0.5) is 0 Å². The molecule has 0 saturated carbocycles. The molecule has 4 heteroatoms. The van der Waals surface area contributed by atoms with Gasteiger partial charge < -0.3 is 21.7 Å². The minimum atomic E-state index is 0. The summed E-state index contributed by atoms with van der Waals surface area (Å²) in [5.41, 5.74) is 0. The van der Waals surface area contributed by atoms with Crippen LogP contribution >= 0.6 is 11.6 Å². The number of unbranched alkanes of at least 4 members (excludes halogenated alkanes) is 1. The normalized spacial score (nSPS) is 8.33. The molecule has 0 fully saturated rings. The molecule has 0 atom stereocenters. The van der Waals surface area contributed by atoms with Crippen LogP contribution in [0.1, 0.15) is 12.8 Å². The van der Waals surface area contributed by atoms with E-state index in [1.54, 1.807) is 12.1 Å². The average Bonchev–Trinajstić information content (AvgIpc) is 2.15. The first kappa shape index (κ1) is 17.7. The molecule has 1 aromatic rings. The molecule has 0 heterocycles. The minimum absolute atomic E-state index is 0. The van der Waals surface area contributed by atoms with Gasteiger partial charge >= 0.3 is 23.1 Å². The molecule has 0 aromatic heterocycles. The Morgan fingerprint density at radius 2 is 2.20 bits per heavy atom. The fourth-order valence-electron chi connectivity index (χ4n) is 0.891. The molecule has 0 unspecified atom stereocenters. The van der Waals surface area contributed by atoms with Crippen molar-refractivity contribution in [3.8, 4) is 5.75 Å².